The summed E-state index contributed by atoms with van der Waals surface area (Å²) in [6.07, 6.45) is 0.322. The molecule has 0 fully saturated rings. The van der Waals surface area contributed by atoms with Crippen LogP contribution in [0.5, 0.6) is 0 Å². The number of aromatic nitrogens is 2. The van der Waals surface area contributed by atoms with Crippen LogP contribution in [-0.2, 0) is 0 Å². The van der Waals surface area contributed by atoms with E-state index >= 15 is 0 Å². The van der Waals surface area contributed by atoms with E-state index in [0.29, 0.717) is 11.9 Å². The predicted molar refractivity (Wildman–Crippen MR) is 85.3 cm³/mol. The lowest BCUT2D eigenvalue weighted by molar-refractivity contribution is 0.0950. The van der Waals surface area contributed by atoms with Crippen molar-refractivity contribution in [3.63, 3.8) is 0 Å². The topological polar surface area (TPSA) is 70.1 Å². The van der Waals surface area contributed by atoms with Crippen molar-refractivity contribution in [1.82, 2.24) is 15.6 Å². The van der Waals surface area contributed by atoms with Crippen molar-refractivity contribution < 1.29 is 26.7 Å². The Hall–Kier alpha value is -3.56. The van der Waals surface area contributed by atoms with E-state index in [1.165, 1.54) is 6.07 Å². The molecule has 5 nitrogen and oxygen atoms in total. The van der Waals surface area contributed by atoms with E-state index in [-0.39, 0.29) is 5.69 Å². The number of H-pyrrole nitrogens is 1. The summed E-state index contributed by atoms with van der Waals surface area (Å²) in [6.45, 7) is 0. The fourth-order valence-corrected chi connectivity index (χ4v) is 2.15. The second-order valence-electron chi connectivity index (χ2n) is 5.22. The van der Waals surface area contributed by atoms with Crippen LogP contribution in [0.3, 0.4) is 0 Å². The summed E-state index contributed by atoms with van der Waals surface area (Å²) in [6, 6.07) is 10.3. The average molecular weight is 380 g/mol. The molecule has 2 N–H and O–H groups in total. The Bertz CT molecular complexity index is 1000. The van der Waals surface area contributed by atoms with E-state index < -0.39 is 40.6 Å². The highest BCUT2D eigenvalue weighted by molar-refractivity contribution is 5.94. The molecule has 1 amide bonds. The fraction of sp³-hybridized carbons (Fsp3) is 0. The molecule has 0 spiro atoms. The SMILES string of the molecule is O=C(N/N=C\c1c(F)c(F)c(F)c(F)c1F)c1cc(-c2ccccc2)n[nH]1. The molecule has 0 atom stereocenters. The lowest BCUT2D eigenvalue weighted by Crippen LogP contribution is -2.18. The Labute approximate surface area is 148 Å². The van der Waals surface area contributed by atoms with Crippen molar-refractivity contribution in [2.45, 2.75) is 0 Å². The van der Waals surface area contributed by atoms with E-state index in [2.05, 4.69) is 15.3 Å². The Morgan fingerprint density at radius 1 is 0.963 bits per heavy atom. The smallest absolute Gasteiger partial charge is 0.272 e. The van der Waals surface area contributed by atoms with Crippen LogP contribution in [0.2, 0.25) is 0 Å². The van der Waals surface area contributed by atoms with Gasteiger partial charge in [0.15, 0.2) is 23.3 Å². The second-order valence-corrected chi connectivity index (χ2v) is 5.22. The molecule has 3 aromatic rings. The summed E-state index contributed by atoms with van der Waals surface area (Å²) >= 11 is 0. The molecule has 138 valence electrons. The van der Waals surface area contributed by atoms with Crippen molar-refractivity contribution in [2.24, 2.45) is 5.10 Å². The first-order valence-corrected chi connectivity index (χ1v) is 7.35. The minimum atomic E-state index is -2.28. The third-order valence-corrected chi connectivity index (χ3v) is 3.50. The molecule has 3 rings (SSSR count). The van der Waals surface area contributed by atoms with Gasteiger partial charge in [-0.1, -0.05) is 30.3 Å². The van der Waals surface area contributed by atoms with E-state index in [1.54, 1.807) is 30.3 Å². The third-order valence-electron chi connectivity index (χ3n) is 3.50. The summed E-state index contributed by atoms with van der Waals surface area (Å²) in [5.74, 6) is -11.4. The highest BCUT2D eigenvalue weighted by atomic mass is 19.2. The van der Waals surface area contributed by atoms with Crippen LogP contribution in [-0.4, -0.2) is 22.3 Å². The maximum absolute atomic E-state index is 13.5. The van der Waals surface area contributed by atoms with Crippen molar-refractivity contribution in [3.8, 4) is 11.3 Å². The van der Waals surface area contributed by atoms with Gasteiger partial charge in [0, 0.05) is 5.56 Å². The van der Waals surface area contributed by atoms with Crippen molar-refractivity contribution in [3.05, 3.63) is 76.7 Å². The highest BCUT2D eigenvalue weighted by Crippen LogP contribution is 2.21. The van der Waals surface area contributed by atoms with Crippen molar-refractivity contribution >= 4 is 12.1 Å². The summed E-state index contributed by atoms with van der Waals surface area (Å²) in [5, 5.41) is 9.61. The summed E-state index contributed by atoms with van der Waals surface area (Å²) in [4.78, 5) is 11.9. The molecular formula is C17H9F5N4O. The van der Waals surface area contributed by atoms with E-state index in [0.717, 1.165) is 5.56 Å². The standard InChI is InChI=1S/C17H9F5N4O/c18-12-9(13(19)15(21)16(22)14(12)20)7-23-26-17(27)11-6-10(24-25-11)8-4-2-1-3-5-8/h1-7H,(H,24,25)(H,26,27)/b23-7-. The Kier molecular flexibility index (Phi) is 4.97. The van der Waals surface area contributed by atoms with Crippen molar-refractivity contribution in [1.29, 1.82) is 0 Å². The molecule has 0 radical (unpaired) electrons. The summed E-state index contributed by atoms with van der Waals surface area (Å²) in [7, 11) is 0. The number of hydrogen-bond acceptors (Lipinski definition) is 3. The third kappa shape index (κ3) is 3.54. The molecule has 0 aliphatic carbocycles. The number of carbonyl (C=O) groups is 1. The Balaban J connectivity index is 1.76. The van der Waals surface area contributed by atoms with Crippen LogP contribution in [0.15, 0.2) is 41.5 Å². The quantitative estimate of drug-likeness (QED) is 0.239. The molecular weight excluding hydrogens is 371 g/mol. The largest absolute Gasteiger partial charge is 0.289 e. The first kappa shape index (κ1) is 18.2. The van der Waals surface area contributed by atoms with Gasteiger partial charge in [-0.05, 0) is 6.07 Å². The maximum Gasteiger partial charge on any atom is 0.289 e. The number of carbonyl (C=O) groups excluding carboxylic acids is 1. The number of nitrogens with zero attached hydrogens (tertiary/aromatic N) is 2. The van der Waals surface area contributed by atoms with E-state index in [1.807, 2.05) is 5.43 Å². The van der Waals surface area contributed by atoms with E-state index in [9.17, 15) is 26.7 Å². The van der Waals surface area contributed by atoms with Crippen LogP contribution in [0, 0.1) is 29.1 Å². The van der Waals surface area contributed by atoms with E-state index in [4.69, 9.17) is 0 Å². The number of nitrogens with one attached hydrogen (secondary N) is 2. The number of hydrogen-bond donors (Lipinski definition) is 2. The van der Waals surface area contributed by atoms with Crippen molar-refractivity contribution in [2.75, 3.05) is 0 Å². The highest BCUT2D eigenvalue weighted by Gasteiger charge is 2.24. The number of benzene rings is 2. The van der Waals surface area contributed by atoms with Gasteiger partial charge >= 0.3 is 0 Å². The lowest BCUT2D eigenvalue weighted by atomic mass is 10.1. The number of hydrazone groups is 1. The Morgan fingerprint density at radius 2 is 1.56 bits per heavy atom. The first-order chi connectivity index (χ1) is 12.9. The molecule has 27 heavy (non-hydrogen) atoms. The lowest BCUT2D eigenvalue weighted by Gasteiger charge is -2.03. The van der Waals surface area contributed by atoms with Crippen LogP contribution in [0.1, 0.15) is 16.1 Å². The molecule has 10 heteroatoms. The molecule has 0 bridgehead atoms. The number of rotatable bonds is 4. The van der Waals surface area contributed by atoms with Crippen LogP contribution >= 0.6 is 0 Å². The molecule has 2 aromatic carbocycles. The number of aromatic amines is 1. The normalized spacial score (nSPS) is 11.1. The molecule has 1 aromatic heterocycles. The monoisotopic (exact) mass is 380 g/mol. The van der Waals surface area contributed by atoms with Gasteiger partial charge in [-0.25, -0.2) is 27.4 Å². The molecule has 0 saturated carbocycles. The van der Waals surface area contributed by atoms with Gasteiger partial charge in [0.05, 0.1) is 17.5 Å². The minimum absolute atomic E-state index is 0.0246. The van der Waals surface area contributed by atoms with Gasteiger partial charge in [-0.2, -0.15) is 10.2 Å². The molecule has 0 aliphatic rings. The predicted octanol–water partition coefficient (Wildman–Crippen LogP) is 3.54. The van der Waals surface area contributed by atoms with Crippen LogP contribution < -0.4 is 5.43 Å². The minimum Gasteiger partial charge on any atom is -0.272 e. The second kappa shape index (κ2) is 7.36. The van der Waals surface area contributed by atoms with Crippen LogP contribution in [0.4, 0.5) is 22.0 Å². The molecule has 0 saturated heterocycles. The van der Waals surface area contributed by atoms with Gasteiger partial charge in [0.1, 0.15) is 5.69 Å². The average Bonchev–Trinajstić information content (AvgIpc) is 3.18. The Morgan fingerprint density at radius 3 is 2.19 bits per heavy atom. The number of amides is 1. The van der Waals surface area contributed by atoms with Gasteiger partial charge in [0.25, 0.3) is 5.91 Å². The maximum atomic E-state index is 13.5. The number of halogens is 5. The molecule has 1 heterocycles. The first-order valence-electron chi connectivity index (χ1n) is 7.35. The van der Waals surface area contributed by atoms with Gasteiger partial charge in [-0.3, -0.25) is 9.89 Å². The van der Waals surface area contributed by atoms with Gasteiger partial charge in [-0.15, -0.1) is 0 Å². The fourth-order valence-electron chi connectivity index (χ4n) is 2.15. The molecule has 0 aliphatic heterocycles. The van der Waals surface area contributed by atoms with Gasteiger partial charge in [0.2, 0.25) is 5.82 Å². The zero-order valence-electron chi connectivity index (χ0n) is 13.2. The zero-order valence-corrected chi connectivity index (χ0v) is 13.2. The van der Waals surface area contributed by atoms with Crippen LogP contribution in [0.25, 0.3) is 11.3 Å². The summed E-state index contributed by atoms with van der Waals surface area (Å²) < 4.78 is 66.1. The van der Waals surface area contributed by atoms with Gasteiger partial charge < -0.3 is 0 Å². The zero-order chi connectivity index (χ0) is 19.6. The summed E-state index contributed by atoms with van der Waals surface area (Å²) in [5.41, 5.74) is 1.80. The molecule has 0 unspecified atom stereocenters.